The zero-order chi connectivity index (χ0) is 21.0. The molecule has 160 valence electrons. The molecule has 2 amide bonds. The van der Waals surface area contributed by atoms with Gasteiger partial charge in [0.25, 0.3) is 0 Å². The van der Waals surface area contributed by atoms with Crippen molar-refractivity contribution in [3.05, 3.63) is 71.8 Å². The number of benzene rings is 2. The van der Waals surface area contributed by atoms with Crippen LogP contribution < -0.4 is 10.6 Å². The number of ether oxygens (including phenoxy) is 3. The van der Waals surface area contributed by atoms with Crippen LogP contribution in [0, 0.1) is 0 Å². The molecule has 0 radical (unpaired) electrons. The Hall–Kier alpha value is -3.06. The summed E-state index contributed by atoms with van der Waals surface area (Å²) < 4.78 is 15.8. The van der Waals surface area contributed by atoms with Crippen molar-refractivity contribution in [3.8, 4) is 0 Å². The van der Waals surface area contributed by atoms with E-state index in [1.165, 1.54) is 0 Å². The zero-order valence-corrected chi connectivity index (χ0v) is 16.9. The van der Waals surface area contributed by atoms with E-state index in [0.717, 1.165) is 30.4 Å². The average molecular weight is 412 g/mol. The summed E-state index contributed by atoms with van der Waals surface area (Å²) in [6.07, 6.45) is 1.54. The molecule has 0 saturated carbocycles. The normalized spacial score (nSPS) is 15.7. The number of amides is 2. The first-order valence-corrected chi connectivity index (χ1v) is 10.2. The molecule has 7 nitrogen and oxygen atoms in total. The number of hydrogen-bond acceptors (Lipinski definition) is 5. The van der Waals surface area contributed by atoms with Crippen LogP contribution in [0.15, 0.2) is 60.7 Å². The Morgan fingerprint density at radius 1 is 0.900 bits per heavy atom. The topological polar surface area (TPSA) is 89.2 Å². The lowest BCUT2D eigenvalue weighted by molar-refractivity contribution is 0.132. The van der Waals surface area contributed by atoms with E-state index in [0.29, 0.717) is 13.2 Å². The van der Waals surface area contributed by atoms with Crippen molar-refractivity contribution in [2.45, 2.75) is 44.6 Å². The van der Waals surface area contributed by atoms with Gasteiger partial charge >= 0.3 is 12.2 Å². The lowest BCUT2D eigenvalue weighted by atomic mass is 10.1. The van der Waals surface area contributed by atoms with E-state index in [2.05, 4.69) is 10.6 Å². The first-order valence-electron chi connectivity index (χ1n) is 10.2. The number of carbonyl (C=O) groups is 2. The first-order chi connectivity index (χ1) is 14.7. The summed E-state index contributed by atoms with van der Waals surface area (Å²) in [4.78, 5) is 23.8. The largest absolute Gasteiger partial charge is 0.445 e. The Bertz CT molecular complexity index is 781. The minimum absolute atomic E-state index is 0.0399. The van der Waals surface area contributed by atoms with Crippen LogP contribution in [0.4, 0.5) is 9.59 Å². The zero-order valence-electron chi connectivity index (χ0n) is 16.9. The molecule has 0 bridgehead atoms. The molecule has 1 heterocycles. The summed E-state index contributed by atoms with van der Waals surface area (Å²) >= 11 is 0. The highest BCUT2D eigenvalue weighted by Gasteiger charge is 2.33. The van der Waals surface area contributed by atoms with Gasteiger partial charge in [-0.05, 0) is 30.4 Å². The summed E-state index contributed by atoms with van der Waals surface area (Å²) in [5, 5.41) is 5.64. The highest BCUT2D eigenvalue weighted by atomic mass is 16.6. The number of hydrogen-bond donors (Lipinski definition) is 2. The molecule has 1 aliphatic rings. The molecule has 0 aromatic heterocycles. The molecule has 0 aliphatic carbocycles. The molecule has 2 aromatic rings. The third-order valence-corrected chi connectivity index (χ3v) is 4.75. The van der Waals surface area contributed by atoms with E-state index in [4.69, 9.17) is 14.2 Å². The molecule has 2 atom stereocenters. The van der Waals surface area contributed by atoms with Crippen LogP contribution in [0.5, 0.6) is 0 Å². The van der Waals surface area contributed by atoms with Gasteiger partial charge in [0.05, 0.1) is 12.6 Å². The number of epoxide rings is 1. The average Bonchev–Trinajstić information content (AvgIpc) is 3.62. The smallest absolute Gasteiger partial charge is 0.407 e. The van der Waals surface area contributed by atoms with Crippen molar-refractivity contribution in [1.82, 2.24) is 10.6 Å². The standard InChI is InChI=1S/C23H28N2O5/c26-22(29-15-18-9-3-1-4-10-18)24-14-8-7-13-20(21-17-28-21)25-23(27)30-16-19-11-5-2-6-12-19/h1-6,9-12,20-21H,7-8,13-17H2,(H,24,26)(H,25,27)/t20-,21+/m0/s1. The maximum atomic E-state index is 12.1. The number of alkyl carbamates (subject to hydrolysis) is 2. The molecule has 3 rings (SSSR count). The number of carbonyl (C=O) groups excluding carboxylic acids is 2. The van der Waals surface area contributed by atoms with Gasteiger partial charge in [-0.3, -0.25) is 0 Å². The summed E-state index contributed by atoms with van der Waals surface area (Å²) in [6, 6.07) is 19.0. The molecule has 0 unspecified atom stereocenters. The lowest BCUT2D eigenvalue weighted by Gasteiger charge is -2.16. The number of rotatable bonds is 11. The van der Waals surface area contributed by atoms with Crippen LogP contribution in [-0.2, 0) is 27.4 Å². The molecule has 2 aromatic carbocycles. The summed E-state index contributed by atoms with van der Waals surface area (Å²) in [5.74, 6) is 0. The predicted octanol–water partition coefficient (Wildman–Crippen LogP) is 3.78. The van der Waals surface area contributed by atoms with Crippen molar-refractivity contribution in [2.75, 3.05) is 13.2 Å². The molecule has 7 heteroatoms. The first kappa shape index (κ1) is 21.6. The van der Waals surface area contributed by atoms with Gasteiger partial charge in [0, 0.05) is 6.54 Å². The van der Waals surface area contributed by atoms with Gasteiger partial charge < -0.3 is 24.8 Å². The van der Waals surface area contributed by atoms with Crippen molar-refractivity contribution in [1.29, 1.82) is 0 Å². The van der Waals surface area contributed by atoms with Gasteiger partial charge in [-0.25, -0.2) is 9.59 Å². The predicted molar refractivity (Wildman–Crippen MR) is 112 cm³/mol. The Labute approximate surface area is 176 Å². The summed E-state index contributed by atoms with van der Waals surface area (Å²) in [7, 11) is 0. The van der Waals surface area contributed by atoms with Gasteiger partial charge in [0.1, 0.15) is 19.3 Å². The van der Waals surface area contributed by atoms with E-state index in [9.17, 15) is 9.59 Å². The van der Waals surface area contributed by atoms with E-state index in [1.54, 1.807) is 0 Å². The summed E-state index contributed by atoms with van der Waals surface area (Å²) in [6.45, 7) is 1.65. The van der Waals surface area contributed by atoms with Crippen molar-refractivity contribution >= 4 is 12.2 Å². The van der Waals surface area contributed by atoms with Gasteiger partial charge in [0.15, 0.2) is 0 Å². The van der Waals surface area contributed by atoms with Crippen molar-refractivity contribution in [2.24, 2.45) is 0 Å². The third-order valence-electron chi connectivity index (χ3n) is 4.75. The van der Waals surface area contributed by atoms with Crippen LogP contribution in [0.1, 0.15) is 30.4 Å². The molecule has 30 heavy (non-hydrogen) atoms. The van der Waals surface area contributed by atoms with E-state index in [-0.39, 0.29) is 25.4 Å². The quantitative estimate of drug-likeness (QED) is 0.433. The molecular formula is C23H28N2O5. The van der Waals surface area contributed by atoms with Gasteiger partial charge in [-0.1, -0.05) is 60.7 Å². The van der Waals surface area contributed by atoms with Gasteiger partial charge in [0.2, 0.25) is 0 Å². The Kier molecular flexibility index (Phi) is 8.53. The highest BCUT2D eigenvalue weighted by Crippen LogP contribution is 2.19. The maximum absolute atomic E-state index is 12.1. The van der Waals surface area contributed by atoms with Crippen molar-refractivity contribution in [3.63, 3.8) is 0 Å². The lowest BCUT2D eigenvalue weighted by Crippen LogP contribution is -2.39. The molecule has 1 saturated heterocycles. The second-order valence-corrected chi connectivity index (χ2v) is 7.17. The Morgan fingerprint density at radius 3 is 2.03 bits per heavy atom. The maximum Gasteiger partial charge on any atom is 0.407 e. The van der Waals surface area contributed by atoms with E-state index >= 15 is 0 Å². The SMILES string of the molecule is O=C(NCCCC[C@H](NC(=O)OCc1ccccc1)[C@H]1CO1)OCc1ccccc1. The highest BCUT2D eigenvalue weighted by molar-refractivity contribution is 5.68. The fourth-order valence-electron chi connectivity index (χ4n) is 3.01. The minimum Gasteiger partial charge on any atom is -0.445 e. The van der Waals surface area contributed by atoms with E-state index < -0.39 is 12.2 Å². The molecule has 1 fully saturated rings. The van der Waals surface area contributed by atoms with E-state index in [1.807, 2.05) is 60.7 Å². The third kappa shape index (κ3) is 8.13. The second kappa shape index (κ2) is 11.8. The molecular weight excluding hydrogens is 384 g/mol. The number of nitrogens with one attached hydrogen (secondary N) is 2. The minimum atomic E-state index is -0.443. The Balaban J connectivity index is 1.26. The fraction of sp³-hybridized carbons (Fsp3) is 0.391. The monoisotopic (exact) mass is 412 g/mol. The van der Waals surface area contributed by atoms with Crippen LogP contribution in [-0.4, -0.2) is 37.5 Å². The van der Waals surface area contributed by atoms with Gasteiger partial charge in [-0.2, -0.15) is 0 Å². The second-order valence-electron chi connectivity index (χ2n) is 7.17. The summed E-state index contributed by atoms with van der Waals surface area (Å²) in [5.41, 5.74) is 1.89. The van der Waals surface area contributed by atoms with Crippen LogP contribution >= 0.6 is 0 Å². The van der Waals surface area contributed by atoms with Crippen LogP contribution in [0.25, 0.3) is 0 Å². The van der Waals surface area contributed by atoms with Gasteiger partial charge in [-0.15, -0.1) is 0 Å². The number of unbranched alkanes of at least 4 members (excludes halogenated alkanes) is 1. The van der Waals surface area contributed by atoms with Crippen LogP contribution in [0.2, 0.25) is 0 Å². The molecule has 0 spiro atoms. The molecule has 2 N–H and O–H groups in total. The van der Waals surface area contributed by atoms with Crippen LogP contribution in [0.3, 0.4) is 0 Å². The fourth-order valence-corrected chi connectivity index (χ4v) is 3.01. The van der Waals surface area contributed by atoms with Crippen molar-refractivity contribution < 1.29 is 23.8 Å². The molecule has 1 aliphatic heterocycles. The Morgan fingerprint density at radius 2 is 1.47 bits per heavy atom.